The molecule has 0 bridgehead atoms. The maximum absolute atomic E-state index is 12.6. The predicted molar refractivity (Wildman–Crippen MR) is 79.1 cm³/mol. The third-order valence-corrected chi connectivity index (χ3v) is 3.77. The summed E-state index contributed by atoms with van der Waals surface area (Å²) >= 11 is 0. The smallest absolute Gasteiger partial charge is 0.254 e. The number of amides is 1. The maximum Gasteiger partial charge on any atom is 0.254 e. The molecule has 2 aromatic rings. The first kappa shape index (κ1) is 14.0. The first-order valence-electron chi connectivity index (χ1n) is 7.36. The molecule has 6 nitrogen and oxygen atoms in total. The third kappa shape index (κ3) is 2.63. The molecule has 1 aliphatic rings. The van der Waals surface area contributed by atoms with Gasteiger partial charge >= 0.3 is 0 Å². The summed E-state index contributed by atoms with van der Waals surface area (Å²) in [5.74, 6) is 0.0324. The lowest BCUT2D eigenvalue weighted by Crippen LogP contribution is -2.48. The molecular weight excluding hydrogens is 268 g/mol. The monoisotopic (exact) mass is 288 g/mol. The van der Waals surface area contributed by atoms with Crippen LogP contribution in [0.5, 0.6) is 0 Å². The van der Waals surface area contributed by atoms with Crippen molar-refractivity contribution in [2.45, 2.75) is 39.5 Å². The van der Waals surface area contributed by atoms with Crippen LogP contribution >= 0.6 is 0 Å². The molecule has 1 aromatic heterocycles. The fourth-order valence-corrected chi connectivity index (χ4v) is 2.87. The van der Waals surface area contributed by atoms with Crippen LogP contribution in [0.25, 0.3) is 11.0 Å². The Morgan fingerprint density at radius 3 is 2.71 bits per heavy atom. The zero-order chi connectivity index (χ0) is 15.0. The number of carbonyl (C=O) groups excluding carboxylic acids is 1. The van der Waals surface area contributed by atoms with E-state index in [-0.39, 0.29) is 18.1 Å². The molecule has 0 N–H and O–H groups in total. The lowest BCUT2D eigenvalue weighted by molar-refractivity contribution is -0.0586. The molecule has 1 amide bonds. The number of rotatable bonds is 2. The molecular formula is C15H20N4O2. The van der Waals surface area contributed by atoms with E-state index in [2.05, 4.69) is 10.3 Å². The Kier molecular flexibility index (Phi) is 3.63. The van der Waals surface area contributed by atoms with Crippen molar-refractivity contribution < 1.29 is 9.53 Å². The van der Waals surface area contributed by atoms with Crippen LogP contribution in [0.1, 0.15) is 31.1 Å². The second kappa shape index (κ2) is 5.44. The van der Waals surface area contributed by atoms with E-state index in [1.807, 2.05) is 48.6 Å². The Bertz CT molecular complexity index is 657. The minimum Gasteiger partial charge on any atom is -0.372 e. The van der Waals surface area contributed by atoms with E-state index in [1.54, 1.807) is 0 Å². The average molecular weight is 288 g/mol. The highest BCUT2D eigenvalue weighted by atomic mass is 16.5. The van der Waals surface area contributed by atoms with Gasteiger partial charge in [0.25, 0.3) is 5.91 Å². The van der Waals surface area contributed by atoms with Crippen LogP contribution in [-0.4, -0.2) is 51.1 Å². The van der Waals surface area contributed by atoms with E-state index < -0.39 is 0 Å². The molecule has 112 valence electrons. The molecule has 0 spiro atoms. The Labute approximate surface area is 123 Å². The van der Waals surface area contributed by atoms with Crippen molar-refractivity contribution >= 4 is 16.9 Å². The Hall–Kier alpha value is -1.95. The lowest BCUT2D eigenvalue weighted by Gasteiger charge is -2.35. The summed E-state index contributed by atoms with van der Waals surface area (Å²) in [6, 6.07) is 5.59. The second-order valence-corrected chi connectivity index (χ2v) is 5.58. The molecule has 21 heavy (non-hydrogen) atoms. The topological polar surface area (TPSA) is 60.2 Å². The molecule has 0 aliphatic carbocycles. The first-order valence-corrected chi connectivity index (χ1v) is 7.36. The zero-order valence-corrected chi connectivity index (χ0v) is 12.6. The molecule has 2 heterocycles. The van der Waals surface area contributed by atoms with E-state index in [1.165, 1.54) is 0 Å². The van der Waals surface area contributed by atoms with Gasteiger partial charge in [0.15, 0.2) is 0 Å². The summed E-state index contributed by atoms with van der Waals surface area (Å²) in [7, 11) is 0. The summed E-state index contributed by atoms with van der Waals surface area (Å²) in [4.78, 5) is 14.5. The second-order valence-electron chi connectivity index (χ2n) is 5.58. The summed E-state index contributed by atoms with van der Waals surface area (Å²) in [6.45, 7) is 8.02. The molecule has 1 saturated heterocycles. The van der Waals surface area contributed by atoms with Gasteiger partial charge in [0.2, 0.25) is 0 Å². The number of nitrogens with zero attached hydrogens (tertiary/aromatic N) is 4. The number of carbonyl (C=O) groups is 1. The van der Waals surface area contributed by atoms with Crippen molar-refractivity contribution in [2.75, 3.05) is 13.1 Å². The number of benzene rings is 1. The van der Waals surface area contributed by atoms with Crippen molar-refractivity contribution in [2.24, 2.45) is 0 Å². The van der Waals surface area contributed by atoms with Gasteiger partial charge in [-0.1, -0.05) is 5.21 Å². The Balaban J connectivity index is 1.87. The van der Waals surface area contributed by atoms with Crippen LogP contribution < -0.4 is 0 Å². The van der Waals surface area contributed by atoms with Gasteiger partial charge in [0.1, 0.15) is 5.52 Å². The predicted octanol–water partition coefficient (Wildman–Crippen LogP) is 1.70. The highest BCUT2D eigenvalue weighted by molar-refractivity contribution is 5.97. The van der Waals surface area contributed by atoms with Crippen LogP contribution in [0.2, 0.25) is 0 Å². The van der Waals surface area contributed by atoms with Gasteiger partial charge in [0.05, 0.1) is 17.7 Å². The van der Waals surface area contributed by atoms with E-state index >= 15 is 0 Å². The Morgan fingerprint density at radius 1 is 1.33 bits per heavy atom. The summed E-state index contributed by atoms with van der Waals surface area (Å²) in [5, 5.41) is 8.20. The molecule has 0 radical (unpaired) electrons. The number of aromatic nitrogens is 3. The van der Waals surface area contributed by atoms with Crippen molar-refractivity contribution in [3.8, 4) is 0 Å². The van der Waals surface area contributed by atoms with E-state index in [0.29, 0.717) is 18.7 Å². The van der Waals surface area contributed by atoms with Gasteiger partial charge in [0, 0.05) is 25.2 Å². The van der Waals surface area contributed by atoms with Gasteiger partial charge in [-0.05, 0) is 39.0 Å². The molecule has 0 saturated carbocycles. The van der Waals surface area contributed by atoms with Gasteiger partial charge in [-0.15, -0.1) is 5.10 Å². The maximum atomic E-state index is 12.6. The molecule has 0 unspecified atom stereocenters. The average Bonchev–Trinajstić information content (AvgIpc) is 2.87. The summed E-state index contributed by atoms with van der Waals surface area (Å²) in [5.41, 5.74) is 2.38. The lowest BCUT2D eigenvalue weighted by atomic mass is 10.1. The SMILES string of the molecule is CCn1nnc2cc(C(=O)N3C[C@H](C)O[C@@H](C)C3)ccc21. The molecule has 3 rings (SSSR count). The zero-order valence-electron chi connectivity index (χ0n) is 12.6. The molecule has 1 aromatic carbocycles. The van der Waals surface area contributed by atoms with Gasteiger partial charge in [-0.25, -0.2) is 4.68 Å². The normalized spacial score (nSPS) is 22.7. The van der Waals surface area contributed by atoms with Gasteiger partial charge in [-0.3, -0.25) is 4.79 Å². The van der Waals surface area contributed by atoms with Gasteiger partial charge in [-0.2, -0.15) is 0 Å². The van der Waals surface area contributed by atoms with Crippen LogP contribution in [-0.2, 0) is 11.3 Å². The van der Waals surface area contributed by atoms with Gasteiger partial charge < -0.3 is 9.64 Å². The summed E-state index contributed by atoms with van der Waals surface area (Å²) < 4.78 is 7.49. The Morgan fingerprint density at radius 2 is 2.05 bits per heavy atom. The van der Waals surface area contributed by atoms with E-state index in [9.17, 15) is 4.79 Å². The fraction of sp³-hybridized carbons (Fsp3) is 0.533. The quantitative estimate of drug-likeness (QED) is 0.844. The number of ether oxygens (including phenoxy) is 1. The molecule has 1 aliphatic heterocycles. The van der Waals surface area contributed by atoms with Crippen LogP contribution in [0.15, 0.2) is 18.2 Å². The van der Waals surface area contributed by atoms with Crippen molar-refractivity contribution in [1.82, 2.24) is 19.9 Å². The van der Waals surface area contributed by atoms with Crippen LogP contribution in [0.4, 0.5) is 0 Å². The number of hydrogen-bond acceptors (Lipinski definition) is 4. The first-order chi connectivity index (χ1) is 10.1. The standard InChI is InChI=1S/C15H20N4O2/c1-4-19-14-6-5-12(7-13(14)16-17-19)15(20)18-8-10(2)21-11(3)9-18/h5-7,10-11H,4,8-9H2,1-3H3/t10-,11-/m0/s1. The van der Waals surface area contributed by atoms with E-state index in [0.717, 1.165) is 17.6 Å². The van der Waals surface area contributed by atoms with E-state index in [4.69, 9.17) is 4.74 Å². The largest absolute Gasteiger partial charge is 0.372 e. The van der Waals surface area contributed by atoms with Crippen LogP contribution in [0.3, 0.4) is 0 Å². The number of aryl methyl sites for hydroxylation is 1. The number of morpholine rings is 1. The molecule has 2 atom stereocenters. The highest BCUT2D eigenvalue weighted by Crippen LogP contribution is 2.18. The molecule has 6 heteroatoms. The van der Waals surface area contributed by atoms with Crippen molar-refractivity contribution in [3.05, 3.63) is 23.8 Å². The third-order valence-electron chi connectivity index (χ3n) is 3.77. The van der Waals surface area contributed by atoms with Crippen molar-refractivity contribution in [1.29, 1.82) is 0 Å². The summed E-state index contributed by atoms with van der Waals surface area (Å²) in [6.07, 6.45) is 0.143. The minimum absolute atomic E-state index is 0.0324. The number of fused-ring (bicyclic) bond motifs is 1. The van der Waals surface area contributed by atoms with Crippen LogP contribution in [0, 0.1) is 0 Å². The fourth-order valence-electron chi connectivity index (χ4n) is 2.87. The molecule has 1 fully saturated rings. The number of hydrogen-bond donors (Lipinski definition) is 0. The highest BCUT2D eigenvalue weighted by Gasteiger charge is 2.26. The minimum atomic E-state index is 0.0324. The van der Waals surface area contributed by atoms with Crippen molar-refractivity contribution in [3.63, 3.8) is 0 Å².